The number of carbonyl (C=O) groups excluding carboxylic acids is 4. The summed E-state index contributed by atoms with van der Waals surface area (Å²) in [4.78, 5) is 47.8. The Morgan fingerprint density at radius 1 is 0.300 bits per heavy atom. The zero-order valence-electron chi connectivity index (χ0n) is 52.7. The molecule has 0 aromatic carbocycles. The van der Waals surface area contributed by atoms with E-state index in [0.29, 0.717) is 25.7 Å². The fourth-order valence-corrected chi connectivity index (χ4v) is 9.14. The molecule has 0 aliphatic rings. The maximum absolute atomic E-state index is 12.1. The SMILES string of the molecule is CCCCCC/C=C\CCCCCCCC(=O)OCC(CO)OC(=O)CCCCCCC/C=C\CCCCCC.CCCCCC/C=C\CCCCCCCC(=O)OCC(O)COC(=O)CCCCCCC/C=C\CCCCCC. The van der Waals surface area contributed by atoms with Crippen molar-refractivity contribution in [2.75, 3.05) is 26.4 Å². The summed E-state index contributed by atoms with van der Waals surface area (Å²) in [5.74, 6) is -1.20. The molecule has 10 nitrogen and oxygen atoms in total. The maximum Gasteiger partial charge on any atom is 0.306 e. The van der Waals surface area contributed by atoms with Crippen molar-refractivity contribution in [2.45, 2.75) is 348 Å². The van der Waals surface area contributed by atoms with Crippen molar-refractivity contribution >= 4 is 23.9 Å². The van der Waals surface area contributed by atoms with Crippen molar-refractivity contribution in [3.8, 4) is 0 Å². The standard InChI is InChI=1S/2C35H64O5/c1-3-5-7-9-11-13-15-17-19-21-23-25-27-29-34(37)39-31-33(36)32-40-35(38)30-28-26-24-22-20-18-16-14-12-10-8-6-4-2;1-3-5-7-9-11-13-15-17-19-21-23-25-27-29-34(37)39-32-33(31-36)40-35(38)30-28-26-24-22-20-18-16-14-12-10-8-6-4-2/h2*13-16,33,36H,3-12,17-32H2,1-2H3/b2*15-13-,16-14-. The Kier molecular flexibility index (Phi) is 67.3. The van der Waals surface area contributed by atoms with Crippen LogP contribution in [0.1, 0.15) is 336 Å². The Balaban J connectivity index is 0. The second-order valence-corrected chi connectivity index (χ2v) is 22.5. The minimum atomic E-state index is -0.965. The van der Waals surface area contributed by atoms with E-state index in [9.17, 15) is 29.4 Å². The lowest BCUT2D eigenvalue weighted by molar-refractivity contribution is -0.161. The molecule has 1 atom stereocenters. The molecule has 0 aliphatic carbocycles. The minimum absolute atomic E-state index is 0.0715. The van der Waals surface area contributed by atoms with Crippen LogP contribution in [0.2, 0.25) is 0 Å². The molecule has 0 rings (SSSR count). The molecule has 10 heteroatoms. The molecule has 468 valence electrons. The van der Waals surface area contributed by atoms with E-state index in [0.717, 1.165) is 103 Å². The summed E-state index contributed by atoms with van der Waals surface area (Å²) in [5, 5.41) is 19.4. The highest BCUT2D eigenvalue weighted by Crippen LogP contribution is 2.15. The van der Waals surface area contributed by atoms with Crippen LogP contribution in [-0.4, -0.2) is 72.7 Å². The molecule has 0 saturated carbocycles. The zero-order valence-corrected chi connectivity index (χ0v) is 52.7. The molecule has 0 heterocycles. The van der Waals surface area contributed by atoms with Gasteiger partial charge < -0.3 is 29.2 Å². The van der Waals surface area contributed by atoms with Gasteiger partial charge in [0.15, 0.2) is 6.10 Å². The molecule has 1 unspecified atom stereocenters. The van der Waals surface area contributed by atoms with Crippen molar-refractivity contribution in [1.29, 1.82) is 0 Å². The Morgan fingerprint density at radius 3 is 0.762 bits per heavy atom. The Bertz CT molecular complexity index is 1390. The molecule has 0 saturated heterocycles. The number of ether oxygens (including phenoxy) is 4. The first-order valence-corrected chi connectivity index (χ1v) is 33.8. The van der Waals surface area contributed by atoms with Gasteiger partial charge in [0.2, 0.25) is 0 Å². The van der Waals surface area contributed by atoms with Gasteiger partial charge in [0, 0.05) is 25.7 Å². The second kappa shape index (κ2) is 68.3. The van der Waals surface area contributed by atoms with Crippen LogP contribution in [0.3, 0.4) is 0 Å². The first-order valence-electron chi connectivity index (χ1n) is 33.8. The molecule has 2 N–H and O–H groups in total. The average molecular weight is 1130 g/mol. The highest BCUT2D eigenvalue weighted by atomic mass is 16.6. The highest BCUT2D eigenvalue weighted by Gasteiger charge is 2.16. The van der Waals surface area contributed by atoms with E-state index in [-0.39, 0.29) is 50.3 Å². The van der Waals surface area contributed by atoms with Crippen molar-refractivity contribution in [2.24, 2.45) is 0 Å². The fourth-order valence-electron chi connectivity index (χ4n) is 9.14. The molecule has 80 heavy (non-hydrogen) atoms. The number of aliphatic hydroxyl groups is 2. The van der Waals surface area contributed by atoms with Crippen LogP contribution in [0.4, 0.5) is 0 Å². The predicted molar refractivity (Wildman–Crippen MR) is 337 cm³/mol. The van der Waals surface area contributed by atoms with Crippen LogP contribution in [-0.2, 0) is 38.1 Å². The quantitative estimate of drug-likeness (QED) is 0.0261. The van der Waals surface area contributed by atoms with Crippen molar-refractivity contribution in [1.82, 2.24) is 0 Å². The summed E-state index contributed by atoms with van der Waals surface area (Å²) >= 11 is 0. The lowest BCUT2D eigenvalue weighted by Crippen LogP contribution is -2.28. The minimum Gasteiger partial charge on any atom is -0.463 e. The number of allylic oxidation sites excluding steroid dienone is 8. The first-order chi connectivity index (χ1) is 39.2. The Morgan fingerprint density at radius 2 is 0.512 bits per heavy atom. The van der Waals surface area contributed by atoms with Crippen LogP contribution >= 0.6 is 0 Å². The van der Waals surface area contributed by atoms with E-state index < -0.39 is 12.2 Å². The summed E-state index contributed by atoms with van der Waals surface area (Å²) < 4.78 is 20.8. The normalized spacial score (nSPS) is 12.0. The van der Waals surface area contributed by atoms with Crippen LogP contribution in [0, 0.1) is 0 Å². The molecule has 0 fully saturated rings. The third-order valence-corrected chi connectivity index (χ3v) is 14.4. The van der Waals surface area contributed by atoms with Gasteiger partial charge in [-0.2, -0.15) is 0 Å². The summed E-state index contributed by atoms with van der Waals surface area (Å²) in [6, 6.07) is 0. The molecule has 0 aromatic rings. The van der Waals surface area contributed by atoms with E-state index in [1.54, 1.807) is 0 Å². The third-order valence-electron chi connectivity index (χ3n) is 14.4. The topological polar surface area (TPSA) is 146 Å². The molecule has 0 radical (unpaired) electrons. The Labute approximate surface area is 493 Å². The van der Waals surface area contributed by atoms with E-state index in [1.165, 1.54) is 180 Å². The largest absolute Gasteiger partial charge is 0.463 e. The second-order valence-electron chi connectivity index (χ2n) is 22.5. The molecule has 0 aromatic heterocycles. The van der Waals surface area contributed by atoms with Gasteiger partial charge in [-0.05, 0) is 128 Å². The molecular weight excluding hydrogens is 1000 g/mol. The number of unbranched alkanes of at least 4 members (excludes halogenated alkanes) is 36. The number of carbonyl (C=O) groups is 4. The van der Waals surface area contributed by atoms with Gasteiger partial charge in [0.1, 0.15) is 25.9 Å². The van der Waals surface area contributed by atoms with Crippen LogP contribution in [0.25, 0.3) is 0 Å². The fraction of sp³-hybridized carbons (Fsp3) is 0.829. The van der Waals surface area contributed by atoms with Crippen LogP contribution in [0.15, 0.2) is 48.6 Å². The number of esters is 4. The van der Waals surface area contributed by atoms with Crippen molar-refractivity contribution < 1.29 is 48.3 Å². The van der Waals surface area contributed by atoms with Crippen LogP contribution < -0.4 is 0 Å². The predicted octanol–water partition coefficient (Wildman–Crippen LogP) is 19.9. The molecule has 0 amide bonds. The zero-order chi connectivity index (χ0) is 58.7. The van der Waals surface area contributed by atoms with E-state index in [4.69, 9.17) is 18.9 Å². The van der Waals surface area contributed by atoms with Crippen LogP contribution in [0.5, 0.6) is 0 Å². The number of hydrogen-bond acceptors (Lipinski definition) is 10. The van der Waals surface area contributed by atoms with E-state index in [1.807, 2.05) is 0 Å². The molecular formula is C70H128O10. The van der Waals surface area contributed by atoms with Gasteiger partial charge in [0.05, 0.1) is 6.61 Å². The number of hydrogen-bond donors (Lipinski definition) is 2. The Hall–Kier alpha value is -3.24. The maximum atomic E-state index is 12.1. The summed E-state index contributed by atoms with van der Waals surface area (Å²) in [7, 11) is 0. The summed E-state index contributed by atoms with van der Waals surface area (Å²) in [5.41, 5.74) is 0. The lowest BCUT2D eigenvalue weighted by atomic mass is 10.1. The van der Waals surface area contributed by atoms with E-state index >= 15 is 0 Å². The summed E-state index contributed by atoms with van der Waals surface area (Å²) in [6.45, 7) is 8.32. The molecule has 0 bridgehead atoms. The van der Waals surface area contributed by atoms with Crippen molar-refractivity contribution in [3.05, 3.63) is 48.6 Å². The van der Waals surface area contributed by atoms with Crippen molar-refractivity contribution in [3.63, 3.8) is 0 Å². The molecule has 0 aliphatic heterocycles. The first kappa shape index (κ1) is 78.8. The smallest absolute Gasteiger partial charge is 0.306 e. The van der Waals surface area contributed by atoms with Gasteiger partial charge >= 0.3 is 23.9 Å². The van der Waals surface area contributed by atoms with Gasteiger partial charge in [0.25, 0.3) is 0 Å². The number of rotatable bonds is 60. The van der Waals surface area contributed by atoms with Gasteiger partial charge in [-0.1, -0.05) is 230 Å². The van der Waals surface area contributed by atoms with Gasteiger partial charge in [-0.3, -0.25) is 19.2 Å². The monoisotopic (exact) mass is 1130 g/mol. The van der Waals surface area contributed by atoms with Gasteiger partial charge in [-0.15, -0.1) is 0 Å². The lowest BCUT2D eigenvalue weighted by Gasteiger charge is -2.15. The van der Waals surface area contributed by atoms with Gasteiger partial charge in [-0.25, -0.2) is 0 Å². The average Bonchev–Trinajstić information content (AvgIpc) is 3.45. The highest BCUT2D eigenvalue weighted by molar-refractivity contribution is 5.70. The molecule has 0 spiro atoms. The van der Waals surface area contributed by atoms with E-state index in [2.05, 4.69) is 76.3 Å². The number of aliphatic hydroxyl groups excluding tert-OH is 2. The summed E-state index contributed by atoms with van der Waals surface area (Å²) in [6.07, 6.45) is 70.1. The third kappa shape index (κ3) is 67.3.